The summed E-state index contributed by atoms with van der Waals surface area (Å²) >= 11 is 1.08. The number of ether oxygens (including phenoxy) is 1. The van der Waals surface area contributed by atoms with Crippen LogP contribution in [0.25, 0.3) is 11.3 Å². The smallest absolute Gasteiger partial charge is 0.416 e. The number of amides is 1. The number of hydrogen-bond acceptors (Lipinski definition) is 9. The van der Waals surface area contributed by atoms with E-state index in [1.54, 1.807) is 7.11 Å². The molecule has 238 valence electrons. The minimum Gasteiger partial charge on any atom is -0.481 e. The molecule has 15 heteroatoms. The number of thiazole rings is 1. The van der Waals surface area contributed by atoms with Crippen molar-refractivity contribution in [1.82, 2.24) is 19.9 Å². The zero-order valence-corrected chi connectivity index (χ0v) is 25.3. The van der Waals surface area contributed by atoms with Crippen LogP contribution in [-0.2, 0) is 22.3 Å². The standard InChI is InChI=1S/C29H34F4N6O4S/c1-17(2)15-38(8-9-43-3)16-23-25(19-10-20(29(31,32)33)12-21(30)11-19)36-28(44-23)37-26(40)22-13-35-24(14-34-22)39-6-4-18(5-7-39)27(41)42/h10-14,17-18H,4-9,15-16H2,1-3H3,(H,41,42)(H,36,37,40). The first-order valence-corrected chi connectivity index (χ1v) is 14.9. The van der Waals surface area contributed by atoms with Gasteiger partial charge in [-0.05, 0) is 37.0 Å². The SMILES string of the molecule is COCCN(Cc1sc(NC(=O)c2cnc(N3CCC(C(=O)O)CC3)cn2)nc1-c1cc(F)cc(C(F)(F)F)c1)CC(C)C. The van der Waals surface area contributed by atoms with Crippen LogP contribution in [0.1, 0.15) is 47.6 Å². The van der Waals surface area contributed by atoms with Gasteiger partial charge in [0.25, 0.3) is 5.91 Å². The Hall–Kier alpha value is -3.69. The van der Waals surface area contributed by atoms with Crippen molar-refractivity contribution < 1.29 is 37.0 Å². The number of rotatable bonds is 12. The minimum atomic E-state index is -4.76. The Morgan fingerprint density at radius 3 is 2.50 bits per heavy atom. The summed E-state index contributed by atoms with van der Waals surface area (Å²) in [6.45, 7) is 6.98. The van der Waals surface area contributed by atoms with Crippen LogP contribution < -0.4 is 10.2 Å². The lowest BCUT2D eigenvalue weighted by Crippen LogP contribution is -2.36. The Kier molecular flexibility index (Phi) is 10.9. The highest BCUT2D eigenvalue weighted by Crippen LogP contribution is 2.37. The number of carbonyl (C=O) groups excluding carboxylic acids is 1. The Labute approximate surface area is 256 Å². The van der Waals surface area contributed by atoms with Gasteiger partial charge in [-0.2, -0.15) is 13.2 Å². The number of hydrogen-bond donors (Lipinski definition) is 2. The molecule has 0 saturated carbocycles. The third kappa shape index (κ3) is 8.70. The topological polar surface area (TPSA) is 121 Å². The van der Waals surface area contributed by atoms with Gasteiger partial charge < -0.3 is 14.7 Å². The maximum atomic E-state index is 14.4. The van der Waals surface area contributed by atoms with E-state index >= 15 is 0 Å². The summed E-state index contributed by atoms with van der Waals surface area (Å²) in [5.74, 6) is -2.12. The van der Waals surface area contributed by atoms with E-state index in [-0.39, 0.29) is 34.5 Å². The molecule has 1 saturated heterocycles. The number of halogens is 4. The summed E-state index contributed by atoms with van der Waals surface area (Å²) in [6, 6.07) is 2.27. The van der Waals surface area contributed by atoms with Crippen molar-refractivity contribution >= 4 is 34.2 Å². The van der Waals surface area contributed by atoms with Gasteiger partial charge in [-0.15, -0.1) is 0 Å². The van der Waals surface area contributed by atoms with Crippen LogP contribution in [0.15, 0.2) is 30.6 Å². The first-order valence-electron chi connectivity index (χ1n) is 14.0. The summed E-state index contributed by atoms with van der Waals surface area (Å²) in [4.78, 5) is 41.7. The molecule has 1 aromatic carbocycles. The maximum absolute atomic E-state index is 14.4. The summed E-state index contributed by atoms with van der Waals surface area (Å²) in [7, 11) is 1.57. The molecule has 0 unspecified atom stereocenters. The molecule has 3 heterocycles. The van der Waals surface area contributed by atoms with Gasteiger partial charge >= 0.3 is 12.1 Å². The highest BCUT2D eigenvalue weighted by atomic mass is 32.1. The number of piperidine rings is 1. The van der Waals surface area contributed by atoms with Crippen LogP contribution in [0, 0.1) is 17.7 Å². The third-order valence-electron chi connectivity index (χ3n) is 7.06. The van der Waals surface area contributed by atoms with E-state index in [1.165, 1.54) is 12.4 Å². The molecule has 1 aliphatic heterocycles. The van der Waals surface area contributed by atoms with Crippen LogP contribution in [-0.4, -0.2) is 76.7 Å². The van der Waals surface area contributed by atoms with Gasteiger partial charge in [0.15, 0.2) is 5.13 Å². The summed E-state index contributed by atoms with van der Waals surface area (Å²) in [5.41, 5.74) is -1.08. The number of nitrogens with zero attached hydrogens (tertiary/aromatic N) is 5. The van der Waals surface area contributed by atoms with Crippen molar-refractivity contribution in [2.75, 3.05) is 50.1 Å². The van der Waals surface area contributed by atoms with Gasteiger partial charge in [0.05, 0.1) is 36.2 Å². The summed E-state index contributed by atoms with van der Waals surface area (Å²) in [5, 5.41) is 12.0. The Morgan fingerprint density at radius 1 is 1.18 bits per heavy atom. The van der Waals surface area contributed by atoms with Gasteiger partial charge in [0.1, 0.15) is 17.3 Å². The largest absolute Gasteiger partial charge is 0.481 e. The lowest BCUT2D eigenvalue weighted by molar-refractivity contribution is -0.142. The van der Waals surface area contributed by atoms with Crippen molar-refractivity contribution in [3.63, 3.8) is 0 Å². The van der Waals surface area contributed by atoms with Crippen molar-refractivity contribution in [3.8, 4) is 11.3 Å². The lowest BCUT2D eigenvalue weighted by atomic mass is 9.97. The predicted molar refractivity (Wildman–Crippen MR) is 157 cm³/mol. The number of carbonyl (C=O) groups is 2. The van der Waals surface area contributed by atoms with Crippen molar-refractivity contribution in [1.29, 1.82) is 0 Å². The number of alkyl halides is 3. The number of carboxylic acid groups (broad SMARTS) is 1. The zero-order valence-electron chi connectivity index (χ0n) is 24.5. The van der Waals surface area contributed by atoms with Gasteiger partial charge in [-0.1, -0.05) is 25.2 Å². The average Bonchev–Trinajstić information content (AvgIpc) is 3.36. The molecule has 44 heavy (non-hydrogen) atoms. The Balaban J connectivity index is 1.58. The minimum absolute atomic E-state index is 0.0147. The van der Waals surface area contributed by atoms with E-state index < -0.39 is 35.4 Å². The molecule has 0 aliphatic carbocycles. The molecular formula is C29H34F4N6O4S. The molecule has 0 atom stereocenters. The fraction of sp³-hybridized carbons (Fsp3) is 0.483. The van der Waals surface area contributed by atoms with Crippen LogP contribution >= 0.6 is 11.3 Å². The highest BCUT2D eigenvalue weighted by molar-refractivity contribution is 7.16. The van der Waals surface area contributed by atoms with E-state index in [0.717, 1.165) is 23.5 Å². The van der Waals surface area contributed by atoms with E-state index in [2.05, 4.69) is 25.2 Å². The van der Waals surface area contributed by atoms with Crippen LogP contribution in [0.4, 0.5) is 28.5 Å². The molecule has 1 fully saturated rings. The second kappa shape index (κ2) is 14.4. The molecule has 10 nitrogen and oxygen atoms in total. The van der Waals surface area contributed by atoms with Crippen LogP contribution in [0.2, 0.25) is 0 Å². The molecule has 3 aromatic rings. The average molecular weight is 639 g/mol. The molecule has 2 N–H and O–H groups in total. The number of benzene rings is 1. The number of aromatic nitrogens is 3. The summed E-state index contributed by atoms with van der Waals surface area (Å²) in [6.07, 6.45) is -1.09. The first-order chi connectivity index (χ1) is 20.8. The third-order valence-corrected chi connectivity index (χ3v) is 8.01. The van der Waals surface area contributed by atoms with Crippen molar-refractivity contribution in [3.05, 3.63) is 52.5 Å². The van der Waals surface area contributed by atoms with E-state index in [1.807, 2.05) is 18.7 Å². The summed E-state index contributed by atoms with van der Waals surface area (Å²) < 4.78 is 60.1. The number of carboxylic acids is 1. The predicted octanol–water partition coefficient (Wildman–Crippen LogP) is 5.42. The van der Waals surface area contributed by atoms with E-state index in [9.17, 15) is 32.3 Å². The van der Waals surface area contributed by atoms with Gasteiger partial charge in [-0.25, -0.2) is 19.3 Å². The zero-order chi connectivity index (χ0) is 32.0. The normalized spacial score (nSPS) is 14.4. The van der Waals surface area contributed by atoms with Gasteiger partial charge in [-0.3, -0.25) is 19.8 Å². The molecule has 0 radical (unpaired) electrons. The fourth-order valence-corrected chi connectivity index (χ4v) is 5.94. The van der Waals surface area contributed by atoms with Crippen molar-refractivity contribution in [2.24, 2.45) is 11.8 Å². The molecule has 1 aliphatic rings. The van der Waals surface area contributed by atoms with Crippen LogP contribution in [0.3, 0.4) is 0 Å². The van der Waals surface area contributed by atoms with Gasteiger partial charge in [0.2, 0.25) is 0 Å². The molecule has 4 rings (SSSR count). The fourth-order valence-electron chi connectivity index (χ4n) is 4.92. The molecular weight excluding hydrogens is 604 g/mol. The monoisotopic (exact) mass is 638 g/mol. The van der Waals surface area contributed by atoms with E-state index in [0.29, 0.717) is 62.4 Å². The molecule has 1 amide bonds. The molecule has 0 spiro atoms. The molecule has 2 aromatic heterocycles. The highest BCUT2D eigenvalue weighted by Gasteiger charge is 2.32. The van der Waals surface area contributed by atoms with E-state index in [4.69, 9.17) is 4.74 Å². The number of methoxy groups -OCH3 is 1. The Bertz CT molecular complexity index is 1440. The van der Waals surface area contributed by atoms with Crippen molar-refractivity contribution in [2.45, 2.75) is 39.4 Å². The first kappa shape index (κ1) is 33.2. The maximum Gasteiger partial charge on any atom is 0.416 e. The number of anilines is 2. The second-order valence-corrected chi connectivity index (χ2v) is 12.0. The van der Waals surface area contributed by atoms with Gasteiger partial charge in [0, 0.05) is 50.3 Å². The lowest BCUT2D eigenvalue weighted by Gasteiger charge is -2.30. The number of nitrogens with one attached hydrogen (secondary N) is 1. The van der Waals surface area contributed by atoms with Crippen LogP contribution in [0.5, 0.6) is 0 Å². The second-order valence-electron chi connectivity index (χ2n) is 11.0. The number of aliphatic carboxylic acids is 1. The Morgan fingerprint density at radius 2 is 1.91 bits per heavy atom. The molecule has 0 bridgehead atoms. The quantitative estimate of drug-likeness (QED) is 0.251.